The lowest BCUT2D eigenvalue weighted by atomic mass is 9.72. The van der Waals surface area contributed by atoms with Crippen molar-refractivity contribution in [1.29, 1.82) is 0 Å². The Hall–Kier alpha value is -1.81. The number of likely N-dealkylation sites (tertiary alicyclic amines) is 1. The zero-order valence-corrected chi connectivity index (χ0v) is 23.5. The predicted molar refractivity (Wildman–Crippen MR) is 136 cm³/mol. The highest BCUT2D eigenvalue weighted by molar-refractivity contribution is 6.48. The Morgan fingerprint density at radius 1 is 0.971 bits per heavy atom. The number of carbonyl (C=O) groups is 3. The Labute approximate surface area is 211 Å². The van der Waals surface area contributed by atoms with E-state index >= 15 is 0 Å². The molecule has 0 spiro atoms. The van der Waals surface area contributed by atoms with Crippen molar-refractivity contribution in [1.82, 2.24) is 15.5 Å². The van der Waals surface area contributed by atoms with Gasteiger partial charge in [0.15, 0.2) is 0 Å². The molecule has 2 aliphatic heterocycles. The number of alkyl carbamates (subject to hydrolysis) is 1. The Bertz CT molecular complexity index is 777. The van der Waals surface area contributed by atoms with Crippen LogP contribution in [0.15, 0.2) is 0 Å². The van der Waals surface area contributed by atoms with Crippen molar-refractivity contribution in [3.63, 3.8) is 0 Å². The largest absolute Gasteiger partial charge is 0.482 e. The van der Waals surface area contributed by atoms with E-state index in [0.29, 0.717) is 19.4 Å². The molecule has 2 fully saturated rings. The van der Waals surface area contributed by atoms with Gasteiger partial charge >= 0.3 is 13.2 Å². The predicted octanol–water partition coefficient (Wildman–Crippen LogP) is 3.30. The molecule has 0 bridgehead atoms. The molecule has 35 heavy (non-hydrogen) atoms. The maximum Gasteiger partial charge on any atom is 0.482 e. The van der Waals surface area contributed by atoms with Gasteiger partial charge in [-0.2, -0.15) is 0 Å². The van der Waals surface area contributed by atoms with Gasteiger partial charge in [0.25, 0.3) is 0 Å². The monoisotopic (exact) mass is 495 g/mol. The molecule has 2 saturated heterocycles. The van der Waals surface area contributed by atoms with Crippen molar-refractivity contribution >= 4 is 25.0 Å². The zero-order chi connectivity index (χ0) is 26.9. The van der Waals surface area contributed by atoms with Crippen molar-refractivity contribution in [2.24, 2.45) is 11.8 Å². The van der Waals surface area contributed by atoms with E-state index in [1.807, 2.05) is 55.4 Å². The summed E-state index contributed by atoms with van der Waals surface area (Å²) in [6.07, 6.45) is 0.623. The average molecular weight is 495 g/mol. The van der Waals surface area contributed by atoms with E-state index in [1.54, 1.807) is 25.7 Å². The molecule has 2 unspecified atom stereocenters. The third kappa shape index (κ3) is 7.12. The highest BCUT2D eigenvalue weighted by atomic mass is 16.7. The summed E-state index contributed by atoms with van der Waals surface area (Å²) in [6.45, 7) is 21.4. The molecule has 9 nitrogen and oxygen atoms in total. The zero-order valence-electron chi connectivity index (χ0n) is 23.5. The molecule has 0 aromatic carbocycles. The Morgan fingerprint density at radius 2 is 1.51 bits per heavy atom. The van der Waals surface area contributed by atoms with Crippen molar-refractivity contribution < 1.29 is 28.4 Å². The minimum Gasteiger partial charge on any atom is -0.444 e. The van der Waals surface area contributed by atoms with Crippen LogP contribution >= 0.6 is 0 Å². The van der Waals surface area contributed by atoms with Gasteiger partial charge < -0.3 is 29.6 Å². The van der Waals surface area contributed by atoms with Crippen molar-refractivity contribution in [2.45, 2.75) is 124 Å². The molecule has 2 heterocycles. The van der Waals surface area contributed by atoms with Crippen molar-refractivity contribution in [2.75, 3.05) is 6.54 Å². The van der Waals surface area contributed by atoms with Crippen LogP contribution in [-0.2, 0) is 23.6 Å². The minimum atomic E-state index is -0.790. The number of rotatable bonds is 7. The quantitative estimate of drug-likeness (QED) is 0.525. The second-order valence-corrected chi connectivity index (χ2v) is 12.5. The van der Waals surface area contributed by atoms with Crippen molar-refractivity contribution in [3.8, 4) is 0 Å². The Morgan fingerprint density at radius 3 is 1.97 bits per heavy atom. The van der Waals surface area contributed by atoms with Gasteiger partial charge in [-0.3, -0.25) is 9.59 Å². The van der Waals surface area contributed by atoms with E-state index in [1.165, 1.54) is 0 Å². The molecule has 2 N–H and O–H groups in total. The highest BCUT2D eigenvalue weighted by Gasteiger charge is 2.55. The maximum atomic E-state index is 13.5. The summed E-state index contributed by atoms with van der Waals surface area (Å²) in [6, 6.07) is -1.41. The molecular weight excluding hydrogens is 449 g/mol. The molecule has 3 atom stereocenters. The molecule has 200 valence electrons. The molecule has 0 aromatic rings. The number of hydrogen-bond acceptors (Lipinski definition) is 6. The fourth-order valence-corrected chi connectivity index (χ4v) is 4.27. The highest BCUT2D eigenvalue weighted by Crippen LogP contribution is 2.38. The molecule has 0 saturated carbocycles. The lowest BCUT2D eigenvalue weighted by Gasteiger charge is -2.32. The van der Waals surface area contributed by atoms with Crippen LogP contribution in [0.25, 0.3) is 0 Å². The fraction of sp³-hybridized carbons (Fsp3) is 0.880. The van der Waals surface area contributed by atoms with Gasteiger partial charge in [-0.15, -0.1) is 0 Å². The van der Waals surface area contributed by atoms with Gasteiger partial charge in [0.05, 0.1) is 17.1 Å². The number of hydrogen-bond donors (Lipinski definition) is 2. The maximum absolute atomic E-state index is 13.5. The van der Waals surface area contributed by atoms with Gasteiger partial charge in [-0.05, 0) is 73.1 Å². The molecule has 0 radical (unpaired) electrons. The van der Waals surface area contributed by atoms with Gasteiger partial charge in [0, 0.05) is 6.54 Å². The van der Waals surface area contributed by atoms with Crippen LogP contribution in [-0.4, -0.2) is 71.3 Å². The molecule has 3 amide bonds. The van der Waals surface area contributed by atoms with Gasteiger partial charge in [0.2, 0.25) is 11.8 Å². The van der Waals surface area contributed by atoms with E-state index in [-0.39, 0.29) is 29.6 Å². The van der Waals surface area contributed by atoms with E-state index in [2.05, 4.69) is 10.6 Å². The number of nitrogens with zero attached hydrogens (tertiary/aromatic N) is 1. The standard InChI is InChI=1S/C25H46BN3O6/c1-15(2)18(27-22(32)33-23(5,6)7)21(31)29-14-12-13-17(29)20(30)28-19(16(3)4)26-34-24(8,9)25(10,11)35-26/h15-19H,12-14H2,1-11H3,(H,27,32)(H,28,30)/t17-,18?,19?/m0/s1. The average Bonchev–Trinajstić information content (AvgIpc) is 3.24. The van der Waals surface area contributed by atoms with Crippen LogP contribution in [0.5, 0.6) is 0 Å². The summed E-state index contributed by atoms with van der Waals surface area (Å²) < 4.78 is 17.7. The van der Waals surface area contributed by atoms with Gasteiger partial charge in [0.1, 0.15) is 17.7 Å². The van der Waals surface area contributed by atoms with Crippen LogP contribution in [0.4, 0.5) is 4.79 Å². The van der Waals surface area contributed by atoms with E-state index < -0.39 is 42.1 Å². The molecular formula is C25H46BN3O6. The molecule has 10 heteroatoms. The fourth-order valence-electron chi connectivity index (χ4n) is 4.27. The number of amides is 3. The summed E-state index contributed by atoms with van der Waals surface area (Å²) in [5.41, 5.74) is -1.70. The van der Waals surface area contributed by atoms with Gasteiger partial charge in [-0.25, -0.2) is 4.79 Å². The third-order valence-electron chi connectivity index (χ3n) is 7.04. The number of carbonyl (C=O) groups excluding carboxylic acids is 3. The van der Waals surface area contributed by atoms with Gasteiger partial charge in [-0.1, -0.05) is 27.7 Å². The van der Waals surface area contributed by atoms with Crippen LogP contribution in [0, 0.1) is 11.8 Å². The molecule has 2 aliphatic rings. The Balaban J connectivity index is 2.14. The van der Waals surface area contributed by atoms with E-state index in [0.717, 1.165) is 0 Å². The summed E-state index contributed by atoms with van der Waals surface area (Å²) in [4.78, 5) is 40.9. The first-order valence-corrected chi connectivity index (χ1v) is 12.8. The first kappa shape index (κ1) is 29.4. The molecule has 2 rings (SSSR count). The summed E-state index contributed by atoms with van der Waals surface area (Å²) in [5, 5.41) is 5.81. The molecule has 0 aromatic heterocycles. The normalized spacial score (nSPS) is 23.4. The Kier molecular flexibility index (Phi) is 8.97. The first-order chi connectivity index (χ1) is 15.9. The van der Waals surface area contributed by atoms with Crippen LogP contribution in [0.1, 0.15) is 89.0 Å². The lowest BCUT2D eigenvalue weighted by Crippen LogP contribution is -2.58. The van der Waals surface area contributed by atoms with Crippen LogP contribution in [0.2, 0.25) is 0 Å². The second kappa shape index (κ2) is 10.7. The summed E-state index contributed by atoms with van der Waals surface area (Å²) >= 11 is 0. The third-order valence-corrected chi connectivity index (χ3v) is 7.04. The molecule has 0 aliphatic carbocycles. The summed E-state index contributed by atoms with van der Waals surface area (Å²) in [7, 11) is -0.591. The van der Waals surface area contributed by atoms with Crippen LogP contribution < -0.4 is 10.6 Å². The smallest absolute Gasteiger partial charge is 0.444 e. The van der Waals surface area contributed by atoms with E-state index in [4.69, 9.17) is 14.0 Å². The summed E-state index contributed by atoms with van der Waals surface area (Å²) in [5.74, 6) is -1.00. The number of ether oxygens (including phenoxy) is 1. The van der Waals surface area contributed by atoms with Crippen LogP contribution in [0.3, 0.4) is 0 Å². The number of nitrogens with one attached hydrogen (secondary N) is 2. The van der Waals surface area contributed by atoms with E-state index in [9.17, 15) is 14.4 Å². The van der Waals surface area contributed by atoms with Crippen molar-refractivity contribution in [3.05, 3.63) is 0 Å². The lowest BCUT2D eigenvalue weighted by molar-refractivity contribution is -0.141. The second-order valence-electron chi connectivity index (χ2n) is 12.5. The topological polar surface area (TPSA) is 106 Å². The first-order valence-electron chi connectivity index (χ1n) is 12.8. The minimum absolute atomic E-state index is 0.0523. The SMILES string of the molecule is CC(C)C(NC(=O)[C@@H]1CCCN1C(=O)C(NC(=O)OC(C)(C)C)C(C)C)B1OC(C)(C)C(C)(C)O1.